The first-order chi connectivity index (χ1) is 19.7. The molecule has 0 aliphatic carbocycles. The highest BCUT2D eigenvalue weighted by atomic mass is 35.5. The first kappa shape index (κ1) is 31.4. The fourth-order valence-corrected chi connectivity index (χ4v) is 5.00. The third kappa shape index (κ3) is 7.44. The number of rotatable bonds is 10. The molecule has 2 aromatic rings. The van der Waals surface area contributed by atoms with Crippen molar-refractivity contribution in [3.05, 3.63) is 64.9 Å². The van der Waals surface area contributed by atoms with Crippen LogP contribution in [-0.2, 0) is 32.1 Å². The monoisotopic (exact) mass is 608 g/mol. The molecule has 42 heavy (non-hydrogen) atoms. The number of benzene rings is 1. The number of carbonyl (C=O) groups is 3. The molecule has 0 spiro atoms. The Morgan fingerprint density at radius 1 is 1.19 bits per heavy atom. The average molecular weight is 609 g/mol. The summed E-state index contributed by atoms with van der Waals surface area (Å²) in [6.07, 6.45) is -3.14. The van der Waals surface area contributed by atoms with E-state index in [2.05, 4.69) is 15.4 Å². The average Bonchev–Trinajstić information content (AvgIpc) is 3.17. The number of nitrogens with zero attached hydrogens (tertiary/aromatic N) is 4. The molecule has 1 saturated heterocycles. The van der Waals surface area contributed by atoms with E-state index in [1.165, 1.54) is 24.9 Å². The number of amides is 3. The van der Waals surface area contributed by atoms with Crippen LogP contribution in [-0.4, -0.2) is 82.3 Å². The van der Waals surface area contributed by atoms with Gasteiger partial charge in [0.15, 0.2) is 0 Å². The van der Waals surface area contributed by atoms with Gasteiger partial charge in [-0.15, -0.1) is 0 Å². The zero-order valence-corrected chi connectivity index (χ0v) is 23.9. The maximum Gasteiger partial charge on any atom is 0.408 e. The maximum absolute atomic E-state index is 13.9. The second-order valence-electron chi connectivity index (χ2n) is 11.0. The lowest BCUT2D eigenvalue weighted by molar-refractivity contribution is -0.164. The summed E-state index contributed by atoms with van der Waals surface area (Å²) in [5, 5.41) is 7.66. The number of hydrogen-bond acceptors (Lipinski definition) is 7. The molecule has 2 aliphatic rings. The highest BCUT2D eigenvalue weighted by molar-refractivity contribution is 6.30. The number of aromatic nitrogens is 1. The zero-order valence-electron chi connectivity index (χ0n) is 23.2. The summed E-state index contributed by atoms with van der Waals surface area (Å²) in [6.45, 7) is 1.15. The van der Waals surface area contributed by atoms with Crippen LogP contribution in [0.2, 0.25) is 5.02 Å². The fraction of sp³-hybridized carbons (Fsp3) is 0.464. The third-order valence-electron chi connectivity index (χ3n) is 7.02. The number of ether oxygens (including phenoxy) is 1. The Balaban J connectivity index is 1.58. The number of nitrogens with two attached hydrogens (primary N) is 1. The Hall–Kier alpha value is -3.55. The number of hydrogen-bond donors (Lipinski definition) is 2. The van der Waals surface area contributed by atoms with Crippen LogP contribution in [0.4, 0.5) is 13.2 Å². The van der Waals surface area contributed by atoms with Gasteiger partial charge in [0.1, 0.15) is 18.0 Å². The molecule has 4 rings (SSSR count). The summed E-state index contributed by atoms with van der Waals surface area (Å²) >= 11 is 5.93. The van der Waals surface area contributed by atoms with Gasteiger partial charge in [0, 0.05) is 42.8 Å². The summed E-state index contributed by atoms with van der Waals surface area (Å²) in [6, 6.07) is 10.7. The maximum atomic E-state index is 13.9. The minimum absolute atomic E-state index is 0.0520. The molecule has 1 fully saturated rings. The van der Waals surface area contributed by atoms with Gasteiger partial charge in [0.25, 0.3) is 5.91 Å². The Bertz CT molecular complexity index is 1330. The molecule has 1 aromatic carbocycles. The molecular formula is C28H32ClF3N6O4. The lowest BCUT2D eigenvalue weighted by Crippen LogP contribution is -2.61. The van der Waals surface area contributed by atoms with Crippen molar-refractivity contribution in [3.63, 3.8) is 0 Å². The summed E-state index contributed by atoms with van der Waals surface area (Å²) in [7, 11) is 0. The quantitative estimate of drug-likeness (QED) is 0.427. The number of alkyl halides is 3. The van der Waals surface area contributed by atoms with Gasteiger partial charge >= 0.3 is 6.18 Å². The van der Waals surface area contributed by atoms with Crippen molar-refractivity contribution in [2.24, 2.45) is 16.3 Å². The zero-order chi connectivity index (χ0) is 30.7. The van der Waals surface area contributed by atoms with Gasteiger partial charge in [-0.2, -0.15) is 18.3 Å². The molecule has 226 valence electrons. The standard InChI is InChI=1S/C28H32ClF3N6O4/c1-26(2,33)24(40)35-21(15-42-14-18-6-8-19(29)9-7-18)23(39)37-12-10-22-27(16-37,13-20-5-3-4-11-34-20)25(41)38(36-22)17-28(30,31)32/h3-9,11,21H,10,12-17,33H2,1-2H3,(H,35,40)/t21-,27+/m1/s1. The number of hydrazone groups is 1. The Labute approximate surface area is 246 Å². The lowest BCUT2D eigenvalue weighted by Gasteiger charge is -2.40. The van der Waals surface area contributed by atoms with Crippen LogP contribution in [0.5, 0.6) is 0 Å². The van der Waals surface area contributed by atoms with E-state index in [9.17, 15) is 27.6 Å². The highest BCUT2D eigenvalue weighted by Crippen LogP contribution is 2.39. The molecule has 3 N–H and O–H groups in total. The van der Waals surface area contributed by atoms with Gasteiger partial charge in [0.2, 0.25) is 11.8 Å². The number of carbonyl (C=O) groups excluding carboxylic acids is 3. The number of nitrogens with one attached hydrogen (secondary N) is 1. The smallest absolute Gasteiger partial charge is 0.374 e. The van der Waals surface area contributed by atoms with E-state index in [0.29, 0.717) is 15.7 Å². The van der Waals surface area contributed by atoms with Crippen molar-refractivity contribution in [3.8, 4) is 0 Å². The summed E-state index contributed by atoms with van der Waals surface area (Å²) < 4.78 is 45.6. The third-order valence-corrected chi connectivity index (χ3v) is 7.27. The predicted molar refractivity (Wildman–Crippen MR) is 148 cm³/mol. The van der Waals surface area contributed by atoms with Crippen molar-refractivity contribution in [1.82, 2.24) is 20.2 Å². The van der Waals surface area contributed by atoms with Gasteiger partial charge in [-0.25, -0.2) is 5.01 Å². The minimum atomic E-state index is -4.67. The van der Waals surface area contributed by atoms with Crippen molar-refractivity contribution in [1.29, 1.82) is 0 Å². The topological polar surface area (TPSA) is 130 Å². The highest BCUT2D eigenvalue weighted by Gasteiger charge is 2.56. The Kier molecular flexibility index (Phi) is 9.24. The molecule has 14 heteroatoms. The van der Waals surface area contributed by atoms with Crippen LogP contribution in [0, 0.1) is 5.41 Å². The minimum Gasteiger partial charge on any atom is -0.374 e. The molecule has 3 amide bonds. The van der Waals surface area contributed by atoms with Crippen LogP contribution in [0.15, 0.2) is 53.8 Å². The van der Waals surface area contributed by atoms with Crippen molar-refractivity contribution in [2.75, 3.05) is 26.2 Å². The van der Waals surface area contributed by atoms with Gasteiger partial charge in [-0.1, -0.05) is 29.8 Å². The van der Waals surface area contributed by atoms with Crippen molar-refractivity contribution < 1.29 is 32.3 Å². The van der Waals surface area contributed by atoms with Crippen LogP contribution in [0.3, 0.4) is 0 Å². The number of pyridine rings is 1. The molecular weight excluding hydrogens is 577 g/mol. The Morgan fingerprint density at radius 2 is 1.90 bits per heavy atom. The molecule has 0 bridgehead atoms. The van der Waals surface area contributed by atoms with Gasteiger partial charge in [-0.3, -0.25) is 19.4 Å². The van der Waals surface area contributed by atoms with Crippen LogP contribution < -0.4 is 11.1 Å². The molecule has 10 nitrogen and oxygen atoms in total. The largest absolute Gasteiger partial charge is 0.408 e. The van der Waals surface area contributed by atoms with E-state index >= 15 is 0 Å². The van der Waals surface area contributed by atoms with E-state index in [-0.39, 0.29) is 44.9 Å². The predicted octanol–water partition coefficient (Wildman–Crippen LogP) is 2.70. The van der Waals surface area contributed by atoms with Gasteiger partial charge in [-0.05, 0) is 43.7 Å². The van der Waals surface area contributed by atoms with E-state index in [4.69, 9.17) is 22.1 Å². The SMILES string of the molecule is CC(C)(N)C(=O)N[C@H](COCc1ccc(Cl)cc1)C(=O)N1CCC2=NN(CC(F)(F)F)C(=O)[C@@]2(Cc2ccccn2)C1. The fourth-order valence-electron chi connectivity index (χ4n) is 4.88. The van der Waals surface area contributed by atoms with E-state index in [1.807, 2.05) is 0 Å². The molecule has 0 radical (unpaired) electrons. The number of halogens is 4. The molecule has 3 heterocycles. The first-order valence-electron chi connectivity index (χ1n) is 13.3. The van der Waals surface area contributed by atoms with Gasteiger partial charge in [0.05, 0.1) is 24.5 Å². The first-order valence-corrected chi connectivity index (χ1v) is 13.6. The molecule has 0 unspecified atom stereocenters. The Morgan fingerprint density at radius 3 is 2.52 bits per heavy atom. The second kappa shape index (κ2) is 12.4. The summed E-state index contributed by atoms with van der Waals surface area (Å²) in [4.78, 5) is 45.8. The number of fused-ring (bicyclic) bond motifs is 1. The van der Waals surface area contributed by atoms with E-state index in [0.717, 1.165) is 5.56 Å². The number of piperidine rings is 1. The normalized spacial score (nSPS) is 19.8. The number of likely N-dealkylation sites (tertiary alicyclic amines) is 1. The van der Waals surface area contributed by atoms with Gasteiger partial charge < -0.3 is 20.7 Å². The van der Waals surface area contributed by atoms with Crippen LogP contribution >= 0.6 is 11.6 Å². The molecule has 0 saturated carbocycles. The second-order valence-corrected chi connectivity index (χ2v) is 11.4. The van der Waals surface area contributed by atoms with Crippen molar-refractivity contribution in [2.45, 2.75) is 51.1 Å². The summed E-state index contributed by atoms with van der Waals surface area (Å²) in [5.41, 5.74) is 4.60. The van der Waals surface area contributed by atoms with E-state index < -0.39 is 47.4 Å². The lowest BCUT2D eigenvalue weighted by atomic mass is 9.74. The molecule has 2 aliphatic heterocycles. The van der Waals surface area contributed by atoms with E-state index in [1.54, 1.807) is 42.5 Å². The molecule has 2 atom stereocenters. The van der Waals surface area contributed by atoms with Crippen LogP contribution in [0.25, 0.3) is 0 Å². The van der Waals surface area contributed by atoms with Crippen LogP contribution in [0.1, 0.15) is 31.5 Å². The summed E-state index contributed by atoms with van der Waals surface area (Å²) in [5.74, 6) is -2.03. The molecule has 1 aromatic heterocycles. The van der Waals surface area contributed by atoms with Crippen molar-refractivity contribution >= 4 is 35.0 Å².